The Kier molecular flexibility index (Phi) is 11.4. The van der Waals surface area contributed by atoms with Crippen molar-refractivity contribution in [2.24, 2.45) is 5.92 Å². The van der Waals surface area contributed by atoms with E-state index in [4.69, 9.17) is 0 Å². The summed E-state index contributed by atoms with van der Waals surface area (Å²) in [6.07, 6.45) is 5.34. The summed E-state index contributed by atoms with van der Waals surface area (Å²) in [4.78, 5) is 17.5. The fourth-order valence-corrected chi connectivity index (χ4v) is 4.60. The molecule has 1 N–H and O–H groups in total. The van der Waals surface area contributed by atoms with Crippen LogP contribution in [0.4, 0.5) is 0 Å². The molecule has 0 spiro atoms. The smallest absolute Gasteiger partial charge is 0.222 e. The molecule has 4 nitrogen and oxygen atoms in total. The van der Waals surface area contributed by atoms with Crippen LogP contribution < -0.4 is 5.32 Å². The fourth-order valence-electron chi connectivity index (χ4n) is 4.60. The first kappa shape index (κ1) is 25.2. The van der Waals surface area contributed by atoms with Gasteiger partial charge in [0.05, 0.1) is 0 Å². The number of likely N-dealkylation sites (tertiary alicyclic amines) is 1. The lowest BCUT2D eigenvalue weighted by Gasteiger charge is -2.30. The van der Waals surface area contributed by atoms with E-state index in [0.29, 0.717) is 18.0 Å². The van der Waals surface area contributed by atoms with Gasteiger partial charge in [-0.25, -0.2) is 0 Å². The fraction of sp³-hybridized carbons (Fsp3) is 0.682. The molecule has 2 aliphatic heterocycles. The summed E-state index contributed by atoms with van der Waals surface area (Å²) in [7, 11) is 0. The van der Waals surface area contributed by atoms with Gasteiger partial charge < -0.3 is 10.2 Å². The molecule has 0 aromatic heterocycles. The van der Waals surface area contributed by atoms with Crippen molar-refractivity contribution in [3.05, 3.63) is 35.9 Å². The second-order valence-corrected chi connectivity index (χ2v) is 7.94. The number of carbonyl (C=O) groups is 1. The summed E-state index contributed by atoms with van der Waals surface area (Å²) >= 11 is 0. The molecule has 160 valence electrons. The van der Waals surface area contributed by atoms with Gasteiger partial charge in [0.2, 0.25) is 5.91 Å². The van der Waals surface area contributed by atoms with Gasteiger partial charge in [-0.15, -0.1) is 24.8 Å². The van der Waals surface area contributed by atoms with Gasteiger partial charge in [-0.3, -0.25) is 9.69 Å². The van der Waals surface area contributed by atoms with E-state index in [2.05, 4.69) is 59.3 Å². The monoisotopic (exact) mass is 429 g/mol. The normalized spacial score (nSPS) is 21.4. The SMILES string of the molecule is CCN(C(=O)CCC1CCNCC1)C1CCN(C(C)c2ccccc2)C1.Cl.Cl. The number of hydrogen-bond donors (Lipinski definition) is 1. The highest BCUT2D eigenvalue weighted by Crippen LogP contribution is 2.27. The van der Waals surface area contributed by atoms with Crippen molar-refractivity contribution >= 4 is 30.7 Å². The lowest BCUT2D eigenvalue weighted by Crippen LogP contribution is -2.42. The highest BCUT2D eigenvalue weighted by Gasteiger charge is 2.32. The Labute approximate surface area is 183 Å². The molecular formula is C22H37Cl2N3O. The van der Waals surface area contributed by atoms with Crippen molar-refractivity contribution in [1.82, 2.24) is 15.1 Å². The van der Waals surface area contributed by atoms with Crippen LogP contribution in [0.5, 0.6) is 0 Å². The summed E-state index contributed by atoms with van der Waals surface area (Å²) in [6, 6.07) is 11.5. The summed E-state index contributed by atoms with van der Waals surface area (Å²) in [5.74, 6) is 1.10. The lowest BCUT2D eigenvalue weighted by molar-refractivity contribution is -0.133. The Morgan fingerprint density at radius 3 is 2.50 bits per heavy atom. The molecule has 2 unspecified atom stereocenters. The van der Waals surface area contributed by atoms with Gasteiger partial charge in [0.15, 0.2) is 0 Å². The zero-order valence-electron chi connectivity index (χ0n) is 17.3. The van der Waals surface area contributed by atoms with Crippen LogP contribution in [0.1, 0.15) is 57.6 Å². The number of hydrogen-bond acceptors (Lipinski definition) is 3. The third-order valence-corrected chi connectivity index (χ3v) is 6.35. The number of amides is 1. The maximum Gasteiger partial charge on any atom is 0.222 e. The molecule has 2 aliphatic rings. The first-order valence-electron chi connectivity index (χ1n) is 10.5. The molecule has 2 atom stereocenters. The first-order valence-corrected chi connectivity index (χ1v) is 10.5. The molecule has 0 bridgehead atoms. The predicted molar refractivity (Wildman–Crippen MR) is 122 cm³/mol. The van der Waals surface area contributed by atoms with E-state index in [9.17, 15) is 4.79 Å². The molecule has 2 saturated heterocycles. The first-order chi connectivity index (χ1) is 12.7. The highest BCUT2D eigenvalue weighted by atomic mass is 35.5. The van der Waals surface area contributed by atoms with Crippen molar-refractivity contribution in [2.45, 2.75) is 58.0 Å². The van der Waals surface area contributed by atoms with E-state index >= 15 is 0 Å². The molecule has 0 aliphatic carbocycles. The molecule has 2 heterocycles. The molecule has 6 heteroatoms. The van der Waals surface area contributed by atoms with E-state index < -0.39 is 0 Å². The third kappa shape index (κ3) is 6.62. The zero-order valence-corrected chi connectivity index (χ0v) is 18.9. The van der Waals surface area contributed by atoms with Crippen molar-refractivity contribution in [1.29, 1.82) is 0 Å². The number of benzene rings is 1. The molecule has 1 aromatic carbocycles. The second-order valence-electron chi connectivity index (χ2n) is 7.94. The minimum Gasteiger partial charge on any atom is -0.339 e. The molecule has 28 heavy (non-hydrogen) atoms. The number of piperidine rings is 1. The molecule has 1 aromatic rings. The van der Waals surface area contributed by atoms with Gasteiger partial charge in [0.1, 0.15) is 0 Å². The quantitative estimate of drug-likeness (QED) is 0.701. The van der Waals surface area contributed by atoms with Gasteiger partial charge in [0, 0.05) is 38.1 Å². The Hall–Kier alpha value is -0.810. The van der Waals surface area contributed by atoms with Gasteiger partial charge in [-0.1, -0.05) is 30.3 Å². The summed E-state index contributed by atoms with van der Waals surface area (Å²) in [6.45, 7) is 9.57. The number of nitrogens with zero attached hydrogens (tertiary/aromatic N) is 2. The van der Waals surface area contributed by atoms with E-state index in [1.807, 2.05) is 0 Å². The van der Waals surface area contributed by atoms with Crippen LogP contribution in [0.3, 0.4) is 0 Å². The average molecular weight is 430 g/mol. The van der Waals surface area contributed by atoms with Crippen LogP contribution >= 0.6 is 24.8 Å². The van der Waals surface area contributed by atoms with Crippen molar-refractivity contribution in [2.75, 3.05) is 32.7 Å². The number of nitrogens with one attached hydrogen (secondary N) is 1. The minimum absolute atomic E-state index is 0. The summed E-state index contributed by atoms with van der Waals surface area (Å²) < 4.78 is 0. The lowest BCUT2D eigenvalue weighted by atomic mass is 9.93. The number of carbonyl (C=O) groups excluding carboxylic acids is 1. The van der Waals surface area contributed by atoms with Crippen molar-refractivity contribution in [3.63, 3.8) is 0 Å². The van der Waals surface area contributed by atoms with E-state index in [1.54, 1.807) is 0 Å². The van der Waals surface area contributed by atoms with E-state index in [0.717, 1.165) is 57.9 Å². The van der Waals surface area contributed by atoms with Crippen LogP contribution in [0.2, 0.25) is 0 Å². The number of halogens is 2. The van der Waals surface area contributed by atoms with Crippen LogP contribution in [0.25, 0.3) is 0 Å². The van der Waals surface area contributed by atoms with Crippen LogP contribution in [-0.2, 0) is 4.79 Å². The average Bonchev–Trinajstić information content (AvgIpc) is 3.17. The number of rotatable bonds is 7. The topological polar surface area (TPSA) is 35.6 Å². The van der Waals surface area contributed by atoms with E-state index in [1.165, 1.54) is 18.4 Å². The zero-order chi connectivity index (χ0) is 18.4. The van der Waals surface area contributed by atoms with Crippen LogP contribution in [-0.4, -0.2) is 54.5 Å². The van der Waals surface area contributed by atoms with Gasteiger partial charge in [-0.05, 0) is 64.1 Å². The molecule has 1 amide bonds. The van der Waals surface area contributed by atoms with E-state index in [-0.39, 0.29) is 24.8 Å². The predicted octanol–water partition coefficient (Wildman–Crippen LogP) is 4.29. The Morgan fingerprint density at radius 1 is 1.18 bits per heavy atom. The number of likely N-dealkylation sites (N-methyl/N-ethyl adjacent to an activating group) is 1. The molecule has 2 fully saturated rings. The van der Waals surface area contributed by atoms with Crippen LogP contribution in [0, 0.1) is 5.92 Å². The Balaban J connectivity index is 0.00000196. The van der Waals surface area contributed by atoms with Crippen LogP contribution in [0.15, 0.2) is 30.3 Å². The van der Waals surface area contributed by atoms with Crippen molar-refractivity contribution in [3.8, 4) is 0 Å². The molecule has 3 rings (SSSR count). The van der Waals surface area contributed by atoms with Gasteiger partial charge in [0.25, 0.3) is 0 Å². The standard InChI is InChI=1S/C22H35N3O.2ClH/c1-3-25(22(26)10-9-19-11-14-23-15-12-19)21-13-16-24(17-21)18(2)20-7-5-4-6-8-20;;/h4-8,18-19,21,23H,3,9-17H2,1-2H3;2*1H. The Bertz CT molecular complexity index is 566. The maximum atomic E-state index is 12.8. The third-order valence-electron chi connectivity index (χ3n) is 6.35. The minimum atomic E-state index is 0. The highest BCUT2D eigenvalue weighted by molar-refractivity contribution is 5.85. The van der Waals surface area contributed by atoms with Crippen molar-refractivity contribution < 1.29 is 4.79 Å². The Morgan fingerprint density at radius 2 is 1.86 bits per heavy atom. The van der Waals surface area contributed by atoms with Gasteiger partial charge in [-0.2, -0.15) is 0 Å². The molecule has 0 saturated carbocycles. The van der Waals surface area contributed by atoms with Gasteiger partial charge >= 0.3 is 0 Å². The molecular weight excluding hydrogens is 393 g/mol. The summed E-state index contributed by atoms with van der Waals surface area (Å²) in [5.41, 5.74) is 1.37. The maximum absolute atomic E-state index is 12.8. The second kappa shape index (κ2) is 12.7. The largest absolute Gasteiger partial charge is 0.339 e. The molecule has 0 radical (unpaired) electrons. The summed E-state index contributed by atoms with van der Waals surface area (Å²) in [5, 5.41) is 3.41.